The predicted molar refractivity (Wildman–Crippen MR) is 74.6 cm³/mol. The molecule has 7 nitrogen and oxygen atoms in total. The van der Waals surface area contributed by atoms with Crippen molar-refractivity contribution in [3.05, 3.63) is 16.6 Å². The first-order chi connectivity index (χ1) is 9.31. The highest BCUT2D eigenvalue weighted by Crippen LogP contribution is 2.13. The van der Waals surface area contributed by atoms with E-state index in [-0.39, 0.29) is 0 Å². The van der Waals surface area contributed by atoms with Crippen LogP contribution in [0.1, 0.15) is 18.2 Å². The first kappa shape index (κ1) is 13.5. The summed E-state index contributed by atoms with van der Waals surface area (Å²) in [4.78, 5) is 17.7. The van der Waals surface area contributed by atoms with Crippen LogP contribution in [0.5, 0.6) is 6.01 Å². The van der Waals surface area contributed by atoms with Crippen LogP contribution in [0.15, 0.2) is 11.7 Å². The summed E-state index contributed by atoms with van der Waals surface area (Å²) in [5.74, 6) is 0.999. The molecule has 0 aliphatic heterocycles. The molecule has 102 valence electrons. The molecule has 2 rings (SSSR count). The lowest BCUT2D eigenvalue weighted by Gasteiger charge is -2.08. The van der Waals surface area contributed by atoms with Gasteiger partial charge in [-0.3, -0.25) is 4.98 Å². The van der Waals surface area contributed by atoms with Crippen molar-refractivity contribution in [2.24, 2.45) is 0 Å². The zero-order chi connectivity index (χ0) is 13.5. The fraction of sp³-hybridized carbons (Fsp3) is 0.455. The minimum Gasteiger partial charge on any atom is -0.467 e. The topological polar surface area (TPSA) is 84.9 Å². The first-order valence-electron chi connectivity index (χ1n) is 5.97. The number of nitrogens with zero attached hydrogens (tertiary/aromatic N) is 4. The molecule has 8 heteroatoms. The fourth-order valence-electron chi connectivity index (χ4n) is 1.34. The molecule has 0 bridgehead atoms. The third kappa shape index (κ3) is 4.02. The van der Waals surface area contributed by atoms with Gasteiger partial charge in [-0.2, -0.15) is 15.0 Å². The lowest BCUT2D eigenvalue weighted by molar-refractivity contribution is 0.379. The highest BCUT2D eigenvalue weighted by molar-refractivity contribution is 7.09. The second kappa shape index (κ2) is 6.83. The van der Waals surface area contributed by atoms with Crippen molar-refractivity contribution >= 4 is 23.2 Å². The summed E-state index contributed by atoms with van der Waals surface area (Å²) in [6.45, 7) is 3.51. The Hall–Kier alpha value is -1.96. The molecule has 0 spiro atoms. The second-order valence-corrected chi connectivity index (χ2v) is 4.69. The van der Waals surface area contributed by atoms with Crippen molar-refractivity contribution in [3.63, 3.8) is 0 Å². The maximum Gasteiger partial charge on any atom is 0.322 e. The summed E-state index contributed by atoms with van der Waals surface area (Å²) < 4.78 is 5.06. The summed E-state index contributed by atoms with van der Waals surface area (Å²) in [6, 6.07) is 0.292. The third-order valence-corrected chi connectivity index (χ3v) is 3.01. The molecule has 2 N–H and O–H groups in total. The number of aromatic nitrogens is 4. The third-order valence-electron chi connectivity index (χ3n) is 2.23. The van der Waals surface area contributed by atoms with E-state index < -0.39 is 0 Å². The van der Waals surface area contributed by atoms with Gasteiger partial charge in [-0.25, -0.2) is 0 Å². The minimum absolute atomic E-state index is 0.292. The lowest BCUT2D eigenvalue weighted by atomic mass is 10.5. The second-order valence-electron chi connectivity index (χ2n) is 3.72. The van der Waals surface area contributed by atoms with E-state index in [0.717, 1.165) is 17.8 Å². The first-order valence-corrected chi connectivity index (χ1v) is 6.85. The van der Waals surface area contributed by atoms with Crippen LogP contribution in [-0.4, -0.2) is 33.6 Å². The van der Waals surface area contributed by atoms with Crippen LogP contribution in [0.25, 0.3) is 0 Å². The van der Waals surface area contributed by atoms with Gasteiger partial charge in [0.2, 0.25) is 11.9 Å². The average molecular weight is 280 g/mol. The number of nitrogens with one attached hydrogen (secondary N) is 2. The largest absolute Gasteiger partial charge is 0.467 e. The van der Waals surface area contributed by atoms with Gasteiger partial charge in [0.25, 0.3) is 0 Å². The number of methoxy groups -OCH3 is 1. The molecule has 2 aromatic heterocycles. The highest BCUT2D eigenvalue weighted by Gasteiger charge is 2.06. The Kier molecular flexibility index (Phi) is 4.85. The Morgan fingerprint density at radius 1 is 1.21 bits per heavy atom. The Morgan fingerprint density at radius 3 is 2.63 bits per heavy atom. The van der Waals surface area contributed by atoms with E-state index in [4.69, 9.17) is 4.74 Å². The number of rotatable bonds is 7. The Morgan fingerprint density at radius 2 is 2.00 bits per heavy atom. The van der Waals surface area contributed by atoms with Crippen molar-refractivity contribution in [2.45, 2.75) is 19.9 Å². The standard InChI is InChI=1S/C11H16N6OS/c1-3-4-13-9-15-10(17-11(16-9)18-2)14-6-8-5-12-7-19-8/h5,7H,3-4,6H2,1-2H3,(H2,13,14,15,16,17). The molecular formula is C11H16N6OS. The maximum absolute atomic E-state index is 5.06. The number of anilines is 2. The summed E-state index contributed by atoms with van der Waals surface area (Å²) in [5, 5.41) is 6.24. The van der Waals surface area contributed by atoms with Crippen LogP contribution in [0, 0.1) is 0 Å². The van der Waals surface area contributed by atoms with Crippen LogP contribution in [-0.2, 0) is 6.54 Å². The van der Waals surface area contributed by atoms with E-state index in [9.17, 15) is 0 Å². The van der Waals surface area contributed by atoms with Gasteiger partial charge in [0.05, 0.1) is 19.2 Å². The summed E-state index contributed by atoms with van der Waals surface area (Å²) in [7, 11) is 1.53. The molecule has 2 heterocycles. The predicted octanol–water partition coefficient (Wildman–Crippen LogP) is 1.77. The molecule has 0 unspecified atom stereocenters. The normalized spacial score (nSPS) is 10.2. The molecule has 0 aromatic carbocycles. The van der Waals surface area contributed by atoms with Crippen LogP contribution < -0.4 is 15.4 Å². The molecule has 0 atom stereocenters. The van der Waals surface area contributed by atoms with Gasteiger partial charge in [-0.05, 0) is 6.42 Å². The van der Waals surface area contributed by atoms with E-state index >= 15 is 0 Å². The molecule has 0 aliphatic carbocycles. The van der Waals surface area contributed by atoms with E-state index in [1.165, 1.54) is 7.11 Å². The smallest absolute Gasteiger partial charge is 0.322 e. The number of hydrogen-bond acceptors (Lipinski definition) is 8. The number of ether oxygens (including phenoxy) is 1. The molecule has 19 heavy (non-hydrogen) atoms. The molecule has 2 aromatic rings. The van der Waals surface area contributed by atoms with Gasteiger partial charge >= 0.3 is 6.01 Å². The summed E-state index contributed by atoms with van der Waals surface area (Å²) in [6.07, 6.45) is 2.81. The highest BCUT2D eigenvalue weighted by atomic mass is 32.1. The average Bonchev–Trinajstić information content (AvgIpc) is 2.96. The SMILES string of the molecule is CCCNc1nc(NCc2cncs2)nc(OC)n1. The van der Waals surface area contributed by atoms with Gasteiger partial charge in [-0.15, -0.1) is 11.3 Å². The molecule has 0 saturated heterocycles. The van der Waals surface area contributed by atoms with Crippen molar-refractivity contribution in [3.8, 4) is 6.01 Å². The quantitative estimate of drug-likeness (QED) is 0.799. The Labute approximate surface area is 115 Å². The Balaban J connectivity index is 2.05. The number of thiazole rings is 1. The fourth-order valence-corrected chi connectivity index (χ4v) is 1.87. The van der Waals surface area contributed by atoms with Gasteiger partial charge in [0, 0.05) is 17.6 Å². The van der Waals surface area contributed by atoms with Crippen molar-refractivity contribution < 1.29 is 4.74 Å². The molecular weight excluding hydrogens is 264 g/mol. The van der Waals surface area contributed by atoms with Crippen LogP contribution in [0.2, 0.25) is 0 Å². The monoisotopic (exact) mass is 280 g/mol. The van der Waals surface area contributed by atoms with E-state index in [1.807, 2.05) is 6.20 Å². The van der Waals surface area contributed by atoms with Crippen molar-refractivity contribution in [2.75, 3.05) is 24.3 Å². The molecule has 0 saturated carbocycles. The van der Waals surface area contributed by atoms with Gasteiger partial charge in [0.15, 0.2) is 0 Å². The van der Waals surface area contributed by atoms with Crippen LogP contribution in [0.3, 0.4) is 0 Å². The van der Waals surface area contributed by atoms with Crippen molar-refractivity contribution in [1.82, 2.24) is 19.9 Å². The number of hydrogen-bond donors (Lipinski definition) is 2. The molecule has 0 amide bonds. The lowest BCUT2D eigenvalue weighted by Crippen LogP contribution is -2.10. The summed E-state index contributed by atoms with van der Waals surface area (Å²) in [5.41, 5.74) is 1.79. The van der Waals surface area contributed by atoms with E-state index in [0.29, 0.717) is 24.5 Å². The van der Waals surface area contributed by atoms with Crippen LogP contribution >= 0.6 is 11.3 Å². The molecule has 0 fully saturated rings. The van der Waals surface area contributed by atoms with Crippen molar-refractivity contribution in [1.29, 1.82) is 0 Å². The van der Waals surface area contributed by atoms with E-state index in [2.05, 4.69) is 37.5 Å². The van der Waals surface area contributed by atoms with Gasteiger partial charge < -0.3 is 15.4 Å². The zero-order valence-corrected chi connectivity index (χ0v) is 11.7. The van der Waals surface area contributed by atoms with Crippen LogP contribution in [0.4, 0.5) is 11.9 Å². The Bertz CT molecular complexity index is 504. The zero-order valence-electron chi connectivity index (χ0n) is 10.9. The maximum atomic E-state index is 5.06. The van der Waals surface area contributed by atoms with Gasteiger partial charge in [0.1, 0.15) is 0 Å². The molecule has 0 aliphatic rings. The summed E-state index contributed by atoms with van der Waals surface area (Å²) >= 11 is 1.58. The minimum atomic E-state index is 0.292. The van der Waals surface area contributed by atoms with Gasteiger partial charge in [-0.1, -0.05) is 6.92 Å². The molecule has 0 radical (unpaired) electrons. The van der Waals surface area contributed by atoms with E-state index in [1.54, 1.807) is 16.8 Å².